The summed E-state index contributed by atoms with van der Waals surface area (Å²) in [7, 11) is 0. The van der Waals surface area contributed by atoms with Crippen LogP contribution < -0.4 is 5.73 Å². The number of rotatable bonds is 1. The maximum Gasteiger partial charge on any atom is 0.0521 e. The molecule has 1 aliphatic rings. The zero-order valence-electron chi connectivity index (χ0n) is 11.6. The molecule has 1 aliphatic carbocycles. The van der Waals surface area contributed by atoms with E-state index in [2.05, 4.69) is 45.7 Å². The second kappa shape index (κ2) is 3.81. The minimum Gasteiger partial charge on any atom is -0.327 e. The molecule has 0 aliphatic heterocycles. The van der Waals surface area contributed by atoms with Crippen LogP contribution in [0.25, 0.3) is 0 Å². The minimum absolute atomic E-state index is 0.0103. The summed E-state index contributed by atoms with van der Waals surface area (Å²) in [6, 6.07) is 4.37. The Bertz CT molecular complexity index is 417. The Kier molecular flexibility index (Phi) is 2.81. The first kappa shape index (κ1) is 12.6. The average molecular weight is 232 g/mol. The van der Waals surface area contributed by atoms with Crippen molar-refractivity contribution >= 4 is 0 Å². The summed E-state index contributed by atoms with van der Waals surface area (Å²) in [5.74, 6) is 0.494. The second-order valence-electron chi connectivity index (χ2n) is 6.60. The SMILES string of the molecule is CC(C)C1(C(C)(C)C)c2ncccc2CC1N. The lowest BCUT2D eigenvalue weighted by atomic mass is 9.57. The van der Waals surface area contributed by atoms with Gasteiger partial charge in [-0.15, -0.1) is 0 Å². The van der Waals surface area contributed by atoms with Crippen LogP contribution in [0.4, 0.5) is 0 Å². The molecule has 17 heavy (non-hydrogen) atoms. The summed E-state index contributed by atoms with van der Waals surface area (Å²) in [6.45, 7) is 11.4. The summed E-state index contributed by atoms with van der Waals surface area (Å²) in [6.07, 6.45) is 2.86. The Morgan fingerprint density at radius 2 is 2.06 bits per heavy atom. The van der Waals surface area contributed by atoms with Crippen LogP contribution in [-0.4, -0.2) is 11.0 Å². The molecule has 1 aromatic heterocycles. The van der Waals surface area contributed by atoms with Crippen molar-refractivity contribution in [2.45, 2.75) is 52.5 Å². The lowest BCUT2D eigenvalue weighted by Crippen LogP contribution is -2.55. The van der Waals surface area contributed by atoms with Crippen LogP contribution in [0.3, 0.4) is 0 Å². The molecule has 0 saturated carbocycles. The molecule has 2 heteroatoms. The molecule has 0 amide bonds. The molecule has 0 fully saturated rings. The predicted molar refractivity (Wildman–Crippen MR) is 71.9 cm³/mol. The minimum atomic E-state index is -0.0103. The summed E-state index contributed by atoms with van der Waals surface area (Å²) in [5.41, 5.74) is 9.19. The Morgan fingerprint density at radius 3 is 2.59 bits per heavy atom. The maximum absolute atomic E-state index is 6.51. The van der Waals surface area contributed by atoms with E-state index < -0.39 is 0 Å². The third-order valence-corrected chi connectivity index (χ3v) is 4.46. The van der Waals surface area contributed by atoms with Gasteiger partial charge in [-0.05, 0) is 29.4 Å². The largest absolute Gasteiger partial charge is 0.327 e. The smallest absolute Gasteiger partial charge is 0.0521 e. The lowest BCUT2D eigenvalue weighted by molar-refractivity contribution is 0.0983. The summed E-state index contributed by atoms with van der Waals surface area (Å²) in [4.78, 5) is 4.67. The maximum atomic E-state index is 6.51. The van der Waals surface area contributed by atoms with Gasteiger partial charge in [0.05, 0.1) is 5.69 Å². The number of hydrogen-bond acceptors (Lipinski definition) is 2. The van der Waals surface area contributed by atoms with Crippen molar-refractivity contribution in [3.05, 3.63) is 29.6 Å². The van der Waals surface area contributed by atoms with Gasteiger partial charge in [0.15, 0.2) is 0 Å². The average Bonchev–Trinajstić information content (AvgIpc) is 2.49. The Morgan fingerprint density at radius 1 is 1.41 bits per heavy atom. The first-order valence-corrected chi connectivity index (χ1v) is 6.51. The zero-order valence-corrected chi connectivity index (χ0v) is 11.6. The lowest BCUT2D eigenvalue weighted by Gasteiger charge is -2.48. The molecule has 2 N–H and O–H groups in total. The molecule has 2 unspecified atom stereocenters. The summed E-state index contributed by atoms with van der Waals surface area (Å²) in [5, 5.41) is 0. The number of nitrogens with two attached hydrogens (primary N) is 1. The van der Waals surface area contributed by atoms with Gasteiger partial charge in [0.2, 0.25) is 0 Å². The van der Waals surface area contributed by atoms with Gasteiger partial charge in [0, 0.05) is 17.7 Å². The summed E-state index contributed by atoms with van der Waals surface area (Å²) >= 11 is 0. The van der Waals surface area contributed by atoms with E-state index in [1.807, 2.05) is 12.3 Å². The van der Waals surface area contributed by atoms with Crippen LogP contribution in [-0.2, 0) is 11.8 Å². The van der Waals surface area contributed by atoms with Crippen LogP contribution in [0.2, 0.25) is 0 Å². The molecule has 0 aromatic carbocycles. The highest BCUT2D eigenvalue weighted by Crippen LogP contribution is 2.53. The van der Waals surface area contributed by atoms with Gasteiger partial charge in [-0.3, -0.25) is 4.98 Å². The van der Waals surface area contributed by atoms with Crippen LogP contribution in [0, 0.1) is 11.3 Å². The normalized spacial score (nSPS) is 28.5. The van der Waals surface area contributed by atoms with Crippen LogP contribution in [0.1, 0.15) is 45.9 Å². The highest BCUT2D eigenvalue weighted by Gasteiger charge is 2.55. The third kappa shape index (κ3) is 1.54. The van der Waals surface area contributed by atoms with Gasteiger partial charge in [-0.1, -0.05) is 40.7 Å². The highest BCUT2D eigenvalue weighted by molar-refractivity contribution is 5.40. The predicted octanol–water partition coefficient (Wildman–Crippen LogP) is 2.90. The molecule has 2 nitrogen and oxygen atoms in total. The van der Waals surface area contributed by atoms with E-state index in [0.29, 0.717) is 5.92 Å². The fourth-order valence-electron chi connectivity index (χ4n) is 4.03. The topological polar surface area (TPSA) is 38.9 Å². The molecule has 94 valence electrons. The number of fused-ring (bicyclic) bond motifs is 1. The number of pyridine rings is 1. The van der Waals surface area contributed by atoms with Gasteiger partial charge in [0.25, 0.3) is 0 Å². The zero-order chi connectivity index (χ0) is 12.8. The highest BCUT2D eigenvalue weighted by atomic mass is 14.8. The second-order valence-corrected chi connectivity index (χ2v) is 6.60. The first-order valence-electron chi connectivity index (χ1n) is 6.51. The van der Waals surface area contributed by atoms with Crippen molar-refractivity contribution in [1.82, 2.24) is 4.98 Å². The van der Waals surface area contributed by atoms with Crippen molar-refractivity contribution in [2.24, 2.45) is 17.1 Å². The van der Waals surface area contributed by atoms with Crippen molar-refractivity contribution in [3.63, 3.8) is 0 Å². The van der Waals surface area contributed by atoms with E-state index in [-0.39, 0.29) is 16.9 Å². The number of hydrogen-bond donors (Lipinski definition) is 1. The Labute approximate surface area is 105 Å². The molecule has 0 bridgehead atoms. The third-order valence-electron chi connectivity index (χ3n) is 4.46. The Balaban J connectivity index is 2.69. The van der Waals surface area contributed by atoms with Gasteiger partial charge < -0.3 is 5.73 Å². The number of aromatic nitrogens is 1. The van der Waals surface area contributed by atoms with E-state index in [9.17, 15) is 0 Å². The van der Waals surface area contributed by atoms with E-state index in [1.165, 1.54) is 11.3 Å². The van der Waals surface area contributed by atoms with E-state index in [1.54, 1.807) is 0 Å². The van der Waals surface area contributed by atoms with E-state index in [4.69, 9.17) is 5.73 Å². The molecule has 0 spiro atoms. The van der Waals surface area contributed by atoms with Crippen molar-refractivity contribution in [1.29, 1.82) is 0 Å². The molecule has 1 heterocycles. The van der Waals surface area contributed by atoms with Crippen molar-refractivity contribution < 1.29 is 0 Å². The van der Waals surface area contributed by atoms with Crippen molar-refractivity contribution in [2.75, 3.05) is 0 Å². The molecule has 2 atom stereocenters. The molecule has 0 radical (unpaired) electrons. The van der Waals surface area contributed by atoms with Gasteiger partial charge in [-0.25, -0.2) is 0 Å². The molecule has 1 aromatic rings. The fourth-order valence-corrected chi connectivity index (χ4v) is 4.03. The fraction of sp³-hybridized carbons (Fsp3) is 0.667. The van der Waals surface area contributed by atoms with Crippen LogP contribution in [0.5, 0.6) is 0 Å². The van der Waals surface area contributed by atoms with Crippen LogP contribution in [0.15, 0.2) is 18.3 Å². The van der Waals surface area contributed by atoms with E-state index in [0.717, 1.165) is 6.42 Å². The molecular formula is C15H24N2. The molecule has 0 saturated heterocycles. The van der Waals surface area contributed by atoms with Gasteiger partial charge in [-0.2, -0.15) is 0 Å². The van der Waals surface area contributed by atoms with Crippen molar-refractivity contribution in [3.8, 4) is 0 Å². The molecule has 2 rings (SSSR count). The number of nitrogens with zero attached hydrogens (tertiary/aromatic N) is 1. The van der Waals surface area contributed by atoms with Gasteiger partial charge >= 0.3 is 0 Å². The first-order chi connectivity index (χ1) is 7.81. The standard InChI is InChI=1S/C15H24N2/c1-10(2)15(14(3,4)5)12(16)9-11-7-6-8-17-13(11)15/h6-8,10,12H,9,16H2,1-5H3. The summed E-state index contributed by atoms with van der Waals surface area (Å²) < 4.78 is 0. The monoisotopic (exact) mass is 232 g/mol. The Hall–Kier alpha value is -0.890. The quantitative estimate of drug-likeness (QED) is 0.808. The van der Waals surface area contributed by atoms with E-state index >= 15 is 0 Å². The molecular weight excluding hydrogens is 208 g/mol. The van der Waals surface area contributed by atoms with Crippen LogP contribution >= 0.6 is 0 Å². The van der Waals surface area contributed by atoms with Gasteiger partial charge in [0.1, 0.15) is 0 Å².